The van der Waals surface area contributed by atoms with Crippen LogP contribution >= 0.6 is 0 Å². The van der Waals surface area contributed by atoms with E-state index in [4.69, 9.17) is 4.74 Å². The van der Waals surface area contributed by atoms with Crippen LogP contribution < -0.4 is 20.7 Å². The number of aliphatic hydroxyl groups is 1. The van der Waals surface area contributed by atoms with Gasteiger partial charge < -0.3 is 35.8 Å². The van der Waals surface area contributed by atoms with Crippen molar-refractivity contribution < 1.29 is 33.7 Å². The molecule has 1 unspecified atom stereocenters. The Balaban J connectivity index is 1.61. The number of carbonyl (C=O) groups is 3. The van der Waals surface area contributed by atoms with Crippen molar-refractivity contribution in [3.8, 4) is 11.5 Å². The van der Waals surface area contributed by atoms with E-state index >= 15 is 0 Å². The van der Waals surface area contributed by atoms with Gasteiger partial charge in [0.2, 0.25) is 17.7 Å². The maximum Gasteiger partial charge on any atom is 0.245 e. The first-order valence-electron chi connectivity index (χ1n) is 14.1. The monoisotopic (exact) mass is 570 g/mol. The van der Waals surface area contributed by atoms with Gasteiger partial charge in [-0.15, -0.1) is 0 Å². The van der Waals surface area contributed by atoms with Gasteiger partial charge in [-0.05, 0) is 74.8 Å². The lowest BCUT2D eigenvalue weighted by atomic mass is 10.0. The predicted molar refractivity (Wildman–Crippen MR) is 150 cm³/mol. The molecule has 2 aromatic rings. The molecule has 1 heterocycles. The highest BCUT2D eigenvalue weighted by atomic mass is 19.1. The van der Waals surface area contributed by atoms with Crippen molar-refractivity contribution in [2.45, 2.75) is 69.9 Å². The molecule has 1 saturated carbocycles. The molecule has 0 radical (unpaired) electrons. The minimum Gasteiger partial charge on any atom is -0.508 e. The van der Waals surface area contributed by atoms with Crippen LogP contribution in [0, 0.1) is 11.7 Å². The normalized spacial score (nSPS) is 26.1. The lowest BCUT2D eigenvalue weighted by molar-refractivity contribution is -0.142. The number of likely N-dealkylation sites (N-methyl/N-ethyl adjacent to an activating group) is 1. The summed E-state index contributed by atoms with van der Waals surface area (Å²) in [6.07, 6.45) is 1.04. The van der Waals surface area contributed by atoms with Crippen LogP contribution in [0.4, 0.5) is 4.39 Å². The first kappa shape index (κ1) is 30.3. The van der Waals surface area contributed by atoms with Crippen LogP contribution in [0.1, 0.15) is 50.3 Å². The van der Waals surface area contributed by atoms with Crippen molar-refractivity contribution in [1.29, 1.82) is 0 Å². The summed E-state index contributed by atoms with van der Waals surface area (Å²) < 4.78 is 19.6. The highest BCUT2D eigenvalue weighted by Gasteiger charge is 2.40. The van der Waals surface area contributed by atoms with Crippen LogP contribution in [0.2, 0.25) is 0 Å². The number of aliphatic hydroxyl groups excluding tert-OH is 1. The molecule has 0 aromatic heterocycles. The van der Waals surface area contributed by atoms with E-state index in [0.29, 0.717) is 25.1 Å². The molecule has 2 aliphatic rings. The van der Waals surface area contributed by atoms with E-state index in [0.717, 1.165) is 30.5 Å². The third-order valence-corrected chi connectivity index (χ3v) is 7.70. The molecule has 11 heteroatoms. The Morgan fingerprint density at radius 3 is 2.44 bits per heavy atom. The van der Waals surface area contributed by atoms with Gasteiger partial charge >= 0.3 is 0 Å². The zero-order chi connectivity index (χ0) is 29.7. The number of phenolic OH excluding ortho intramolecular Hbond substituents is 1. The number of phenols is 1. The Morgan fingerprint density at radius 2 is 1.76 bits per heavy atom. The van der Waals surface area contributed by atoms with E-state index < -0.39 is 41.9 Å². The fourth-order valence-corrected chi connectivity index (χ4v) is 4.90. The Kier molecular flexibility index (Phi) is 9.82. The topological polar surface area (TPSA) is 140 Å². The van der Waals surface area contributed by atoms with Gasteiger partial charge in [-0.1, -0.05) is 18.2 Å². The zero-order valence-electron chi connectivity index (χ0n) is 23.6. The molecule has 5 N–H and O–H groups in total. The van der Waals surface area contributed by atoms with Gasteiger partial charge in [0, 0.05) is 26.2 Å². The number of nitrogens with one attached hydrogen (secondary N) is 3. The predicted octanol–water partition coefficient (Wildman–Crippen LogP) is 1.79. The average Bonchev–Trinajstić information content (AvgIpc) is 3.79. The van der Waals surface area contributed by atoms with Gasteiger partial charge in [-0.3, -0.25) is 14.4 Å². The minimum absolute atomic E-state index is 0.0642. The second-order valence-electron chi connectivity index (χ2n) is 10.9. The highest BCUT2D eigenvalue weighted by molar-refractivity contribution is 5.93. The third-order valence-electron chi connectivity index (χ3n) is 7.70. The highest BCUT2D eigenvalue weighted by Crippen LogP contribution is 2.34. The van der Waals surface area contributed by atoms with E-state index in [1.807, 2.05) is 6.92 Å². The SMILES string of the molecule is C[C@@H]1CN[C@@H](C2CC2)C(=O)N(C)[C@H](C)C(=O)N[C@H](C(O)c2ccc(F)cc2)C(=O)NCCCc2ccc(O)cc2O1. The summed E-state index contributed by atoms with van der Waals surface area (Å²) in [6, 6.07) is 7.06. The Labute approximate surface area is 239 Å². The van der Waals surface area contributed by atoms with Crippen LogP contribution in [-0.2, 0) is 20.8 Å². The fourth-order valence-electron chi connectivity index (χ4n) is 4.90. The van der Waals surface area contributed by atoms with Crippen LogP contribution in [0.5, 0.6) is 11.5 Å². The Hall–Kier alpha value is -3.70. The number of nitrogens with zero attached hydrogens (tertiary/aromatic N) is 1. The van der Waals surface area contributed by atoms with Crippen molar-refractivity contribution in [2.24, 2.45) is 5.92 Å². The largest absolute Gasteiger partial charge is 0.508 e. The van der Waals surface area contributed by atoms with Gasteiger partial charge in [0.25, 0.3) is 0 Å². The maximum absolute atomic E-state index is 13.5. The zero-order valence-corrected chi connectivity index (χ0v) is 23.6. The Morgan fingerprint density at radius 1 is 1.05 bits per heavy atom. The van der Waals surface area contributed by atoms with E-state index in [-0.39, 0.29) is 35.8 Å². The van der Waals surface area contributed by atoms with Crippen LogP contribution in [0.15, 0.2) is 42.5 Å². The minimum atomic E-state index is -1.46. The van der Waals surface area contributed by atoms with Gasteiger partial charge in [-0.25, -0.2) is 4.39 Å². The fraction of sp³-hybridized carbons (Fsp3) is 0.500. The molecule has 0 saturated heterocycles. The molecular weight excluding hydrogens is 531 g/mol. The molecule has 1 aliphatic carbocycles. The van der Waals surface area contributed by atoms with Crippen LogP contribution in [0.25, 0.3) is 0 Å². The van der Waals surface area contributed by atoms with Crippen molar-refractivity contribution in [1.82, 2.24) is 20.9 Å². The number of amides is 3. The van der Waals surface area contributed by atoms with Crippen molar-refractivity contribution in [3.05, 3.63) is 59.4 Å². The number of rotatable bonds is 3. The molecule has 1 fully saturated rings. The number of hydrogen-bond donors (Lipinski definition) is 5. The second-order valence-corrected chi connectivity index (χ2v) is 10.9. The van der Waals surface area contributed by atoms with E-state index in [1.54, 1.807) is 25.1 Å². The van der Waals surface area contributed by atoms with Crippen LogP contribution in [-0.4, -0.2) is 77.2 Å². The molecule has 41 heavy (non-hydrogen) atoms. The third kappa shape index (κ3) is 7.74. The molecule has 1 aliphatic heterocycles. The van der Waals surface area contributed by atoms with Crippen LogP contribution in [0.3, 0.4) is 0 Å². The van der Waals surface area contributed by atoms with Gasteiger partial charge in [-0.2, -0.15) is 0 Å². The summed E-state index contributed by atoms with van der Waals surface area (Å²) in [5.74, 6) is -1.28. The lowest BCUT2D eigenvalue weighted by Crippen LogP contribution is -2.57. The molecule has 2 aromatic carbocycles. The summed E-state index contributed by atoms with van der Waals surface area (Å²) in [4.78, 5) is 41.4. The summed E-state index contributed by atoms with van der Waals surface area (Å²) in [7, 11) is 1.53. The van der Waals surface area contributed by atoms with E-state index in [1.165, 1.54) is 24.1 Å². The quantitative estimate of drug-likeness (QED) is 0.379. The Bertz CT molecular complexity index is 1240. The number of halogens is 1. The summed E-state index contributed by atoms with van der Waals surface area (Å²) in [6.45, 7) is 4.04. The smallest absolute Gasteiger partial charge is 0.245 e. The number of fused-ring (bicyclic) bond motifs is 1. The number of aromatic hydroxyl groups is 1. The number of hydrogen-bond acceptors (Lipinski definition) is 7. The van der Waals surface area contributed by atoms with Gasteiger partial charge in [0.05, 0.1) is 6.04 Å². The lowest BCUT2D eigenvalue weighted by Gasteiger charge is -2.31. The molecule has 3 amide bonds. The molecule has 0 spiro atoms. The standard InChI is InChI=1S/C30H39FN4O6/c1-17-16-33-25(20-6-7-20)30(40)35(3)18(2)28(38)34-26(27(37)21-8-11-22(31)12-9-21)29(39)32-14-4-5-19-10-13-23(36)15-24(19)41-17/h8-13,15,17-18,20,25-27,33,36-37H,4-7,14,16H2,1-3H3,(H,32,39)(H,34,38)/t17-,18-,25+,26-,27?/m1/s1. The summed E-state index contributed by atoms with van der Waals surface area (Å²) in [5, 5.41) is 29.8. The number of benzene rings is 2. The summed E-state index contributed by atoms with van der Waals surface area (Å²) in [5.41, 5.74) is 1.09. The number of aryl methyl sites for hydroxylation is 1. The van der Waals surface area contributed by atoms with Crippen molar-refractivity contribution in [2.75, 3.05) is 20.1 Å². The molecule has 0 bridgehead atoms. The maximum atomic E-state index is 13.5. The molecular formula is C30H39FN4O6. The second kappa shape index (κ2) is 13.3. The van der Waals surface area contributed by atoms with Crippen molar-refractivity contribution in [3.63, 3.8) is 0 Å². The average molecular weight is 571 g/mol. The first-order chi connectivity index (χ1) is 19.5. The van der Waals surface area contributed by atoms with E-state index in [2.05, 4.69) is 16.0 Å². The number of carbonyl (C=O) groups excluding carboxylic acids is 3. The van der Waals surface area contributed by atoms with Crippen molar-refractivity contribution >= 4 is 17.7 Å². The summed E-state index contributed by atoms with van der Waals surface area (Å²) >= 11 is 0. The first-order valence-corrected chi connectivity index (χ1v) is 14.1. The van der Waals surface area contributed by atoms with Gasteiger partial charge in [0.15, 0.2) is 0 Å². The molecule has 10 nitrogen and oxygen atoms in total. The molecule has 4 rings (SSSR count). The van der Waals surface area contributed by atoms with E-state index in [9.17, 15) is 29.0 Å². The van der Waals surface area contributed by atoms with Gasteiger partial charge in [0.1, 0.15) is 41.6 Å². The molecule has 222 valence electrons. The molecule has 5 atom stereocenters. The number of ether oxygens (including phenoxy) is 1.